The number of rotatable bonds is 8. The molecular weight excluding hydrogens is 419 g/mol. The summed E-state index contributed by atoms with van der Waals surface area (Å²) in [5, 5.41) is 2.65. The molecule has 160 valence electrons. The van der Waals surface area contributed by atoms with Gasteiger partial charge in [0.15, 0.2) is 5.78 Å². The number of halogens is 1. The van der Waals surface area contributed by atoms with E-state index >= 15 is 0 Å². The van der Waals surface area contributed by atoms with Crippen molar-refractivity contribution in [3.63, 3.8) is 0 Å². The highest BCUT2D eigenvalue weighted by atomic mass is 32.2. The van der Waals surface area contributed by atoms with Crippen molar-refractivity contribution in [2.75, 3.05) is 5.32 Å². The molecule has 0 aliphatic rings. The van der Waals surface area contributed by atoms with Crippen LogP contribution in [0.2, 0.25) is 0 Å². The Balaban J connectivity index is 1.86. The number of carbonyl (C=O) groups is 2. The van der Waals surface area contributed by atoms with E-state index in [1.165, 1.54) is 19.1 Å². The predicted octanol–water partition coefficient (Wildman–Crippen LogP) is 3.56. The number of nitrogens with one attached hydrogen (secondary N) is 2. The first-order valence-corrected chi connectivity index (χ1v) is 11.0. The topological polar surface area (TPSA) is 92.3 Å². The van der Waals surface area contributed by atoms with Crippen LogP contribution in [0.15, 0.2) is 83.8 Å². The Labute approximate surface area is 180 Å². The Kier molecular flexibility index (Phi) is 6.94. The monoisotopic (exact) mass is 440 g/mol. The molecule has 0 radical (unpaired) electrons. The third-order valence-corrected chi connectivity index (χ3v) is 6.09. The van der Waals surface area contributed by atoms with Crippen LogP contribution in [0.3, 0.4) is 0 Å². The molecule has 0 bridgehead atoms. The van der Waals surface area contributed by atoms with E-state index in [9.17, 15) is 22.4 Å². The molecule has 0 aliphatic carbocycles. The first-order valence-electron chi connectivity index (χ1n) is 9.49. The van der Waals surface area contributed by atoms with Gasteiger partial charge in [0, 0.05) is 11.3 Å². The molecule has 0 saturated heterocycles. The third-order valence-electron chi connectivity index (χ3n) is 4.58. The van der Waals surface area contributed by atoms with Crippen molar-refractivity contribution in [1.29, 1.82) is 0 Å². The van der Waals surface area contributed by atoms with E-state index in [0.717, 1.165) is 17.7 Å². The molecular formula is C23H21FN2O4S. The minimum absolute atomic E-state index is 0.0614. The molecule has 8 heteroatoms. The Hall–Kier alpha value is -3.36. The van der Waals surface area contributed by atoms with Crippen molar-refractivity contribution in [3.8, 4) is 0 Å². The van der Waals surface area contributed by atoms with E-state index in [4.69, 9.17) is 0 Å². The maximum absolute atomic E-state index is 14.1. The molecule has 1 unspecified atom stereocenters. The van der Waals surface area contributed by atoms with Gasteiger partial charge < -0.3 is 5.32 Å². The summed E-state index contributed by atoms with van der Waals surface area (Å²) >= 11 is 0. The van der Waals surface area contributed by atoms with Crippen LogP contribution in [0.5, 0.6) is 0 Å². The number of hydrogen-bond acceptors (Lipinski definition) is 4. The number of sulfonamides is 1. The highest BCUT2D eigenvalue weighted by Crippen LogP contribution is 2.16. The van der Waals surface area contributed by atoms with Crippen LogP contribution in [-0.2, 0) is 21.2 Å². The van der Waals surface area contributed by atoms with Crippen LogP contribution in [0.4, 0.5) is 10.1 Å². The van der Waals surface area contributed by atoms with Gasteiger partial charge in [-0.3, -0.25) is 9.59 Å². The molecule has 2 N–H and O–H groups in total. The van der Waals surface area contributed by atoms with Crippen molar-refractivity contribution in [2.24, 2.45) is 0 Å². The normalized spacial score (nSPS) is 12.2. The van der Waals surface area contributed by atoms with E-state index in [1.807, 2.05) is 0 Å². The molecule has 0 heterocycles. The molecule has 3 aromatic rings. The molecule has 31 heavy (non-hydrogen) atoms. The van der Waals surface area contributed by atoms with Gasteiger partial charge in [-0.1, -0.05) is 42.5 Å². The standard InChI is InChI=1S/C23H21FN2O4S/c1-16(27)18-11-13-19(14-12-18)25-23(28)21(15-17-7-3-2-4-8-17)26-31(29,30)22-10-6-5-9-20(22)24/h2-14,21,26H,15H2,1H3,(H,25,28). The number of Topliss-reactive ketones (excluding diaryl/α,β-unsaturated/α-hetero) is 1. The van der Waals surface area contributed by atoms with Crippen molar-refractivity contribution in [3.05, 3.63) is 95.8 Å². The van der Waals surface area contributed by atoms with Gasteiger partial charge in [0.2, 0.25) is 15.9 Å². The van der Waals surface area contributed by atoms with Gasteiger partial charge in [0.05, 0.1) is 0 Å². The van der Waals surface area contributed by atoms with Crippen LogP contribution in [-0.4, -0.2) is 26.2 Å². The van der Waals surface area contributed by atoms with Crippen LogP contribution in [0, 0.1) is 5.82 Å². The summed E-state index contributed by atoms with van der Waals surface area (Å²) in [4.78, 5) is 23.8. The van der Waals surface area contributed by atoms with E-state index in [0.29, 0.717) is 11.3 Å². The number of carbonyl (C=O) groups excluding carboxylic acids is 2. The molecule has 6 nitrogen and oxygen atoms in total. The SMILES string of the molecule is CC(=O)c1ccc(NC(=O)C(Cc2ccccc2)NS(=O)(=O)c2ccccc2F)cc1. The Bertz CT molecular complexity index is 1180. The molecule has 1 atom stereocenters. The minimum Gasteiger partial charge on any atom is -0.325 e. The number of amides is 1. The highest BCUT2D eigenvalue weighted by Gasteiger charge is 2.28. The zero-order valence-electron chi connectivity index (χ0n) is 16.7. The Morgan fingerprint density at radius 2 is 1.52 bits per heavy atom. The molecule has 0 saturated carbocycles. The lowest BCUT2D eigenvalue weighted by atomic mass is 10.1. The van der Waals surface area contributed by atoms with E-state index in [1.54, 1.807) is 54.6 Å². The molecule has 0 aliphatic heterocycles. The fourth-order valence-electron chi connectivity index (χ4n) is 2.97. The summed E-state index contributed by atoms with van der Waals surface area (Å²) in [7, 11) is -4.30. The maximum Gasteiger partial charge on any atom is 0.244 e. The lowest BCUT2D eigenvalue weighted by Crippen LogP contribution is -2.45. The third kappa shape index (κ3) is 5.84. The summed E-state index contributed by atoms with van der Waals surface area (Å²) in [6.07, 6.45) is 0.0614. The number of ketones is 1. The van der Waals surface area contributed by atoms with Crippen LogP contribution in [0.1, 0.15) is 22.8 Å². The molecule has 3 rings (SSSR count). The molecule has 1 amide bonds. The number of hydrogen-bond donors (Lipinski definition) is 2. The molecule has 0 spiro atoms. The van der Waals surface area contributed by atoms with Crippen molar-refractivity contribution >= 4 is 27.4 Å². The Morgan fingerprint density at radius 1 is 0.903 bits per heavy atom. The lowest BCUT2D eigenvalue weighted by molar-refractivity contribution is -0.117. The van der Waals surface area contributed by atoms with Gasteiger partial charge in [0.1, 0.15) is 16.8 Å². The summed E-state index contributed by atoms with van der Waals surface area (Å²) < 4.78 is 41.9. The van der Waals surface area contributed by atoms with Gasteiger partial charge >= 0.3 is 0 Å². The van der Waals surface area contributed by atoms with Gasteiger partial charge in [-0.25, -0.2) is 12.8 Å². The highest BCUT2D eigenvalue weighted by molar-refractivity contribution is 7.89. The van der Waals surface area contributed by atoms with E-state index < -0.39 is 32.7 Å². The van der Waals surface area contributed by atoms with Crippen LogP contribution in [0.25, 0.3) is 0 Å². The second-order valence-corrected chi connectivity index (χ2v) is 8.60. The number of anilines is 1. The fraction of sp³-hybridized carbons (Fsp3) is 0.130. The zero-order valence-corrected chi connectivity index (χ0v) is 17.5. The first-order chi connectivity index (χ1) is 14.8. The van der Waals surface area contributed by atoms with E-state index in [2.05, 4.69) is 10.0 Å². The average Bonchev–Trinajstić information content (AvgIpc) is 2.74. The maximum atomic E-state index is 14.1. The molecule has 0 fully saturated rings. The predicted molar refractivity (Wildman–Crippen MR) is 116 cm³/mol. The van der Waals surface area contributed by atoms with Crippen molar-refractivity contribution < 1.29 is 22.4 Å². The lowest BCUT2D eigenvalue weighted by Gasteiger charge is -2.19. The quantitative estimate of drug-likeness (QED) is 0.524. The van der Waals surface area contributed by atoms with Gasteiger partial charge in [-0.05, 0) is 55.3 Å². The average molecular weight is 440 g/mol. The van der Waals surface area contributed by atoms with Gasteiger partial charge in [0.25, 0.3) is 0 Å². The molecule has 0 aromatic heterocycles. The summed E-state index contributed by atoms with van der Waals surface area (Å²) in [5.74, 6) is -1.63. The largest absolute Gasteiger partial charge is 0.325 e. The summed E-state index contributed by atoms with van der Waals surface area (Å²) in [5.41, 5.74) is 1.61. The first kappa shape index (κ1) is 22.3. The fourth-order valence-corrected chi connectivity index (χ4v) is 4.24. The summed E-state index contributed by atoms with van der Waals surface area (Å²) in [6.45, 7) is 1.43. The second-order valence-electron chi connectivity index (χ2n) is 6.92. The second kappa shape index (κ2) is 9.63. The van der Waals surface area contributed by atoms with E-state index in [-0.39, 0.29) is 12.2 Å². The zero-order chi connectivity index (χ0) is 22.4. The van der Waals surface area contributed by atoms with Crippen molar-refractivity contribution in [2.45, 2.75) is 24.3 Å². The number of benzene rings is 3. The van der Waals surface area contributed by atoms with Crippen molar-refractivity contribution in [1.82, 2.24) is 4.72 Å². The summed E-state index contributed by atoms with van der Waals surface area (Å²) in [6, 6.07) is 18.9. The van der Waals surface area contributed by atoms with Crippen LogP contribution < -0.4 is 10.0 Å². The molecule has 3 aromatic carbocycles. The minimum atomic E-state index is -4.30. The van der Waals surface area contributed by atoms with Crippen LogP contribution >= 0.6 is 0 Å². The van der Waals surface area contributed by atoms with Gasteiger partial charge in [-0.2, -0.15) is 4.72 Å². The smallest absolute Gasteiger partial charge is 0.244 e. The van der Waals surface area contributed by atoms with Gasteiger partial charge in [-0.15, -0.1) is 0 Å². The Morgan fingerprint density at radius 3 is 2.13 bits per heavy atom.